The number of hydrogen-bond acceptors (Lipinski definition) is 1. The molecule has 0 saturated heterocycles. The van der Waals surface area contributed by atoms with Gasteiger partial charge in [-0.2, -0.15) is 0 Å². The van der Waals surface area contributed by atoms with Crippen molar-refractivity contribution in [1.29, 1.82) is 0 Å². The molecule has 0 saturated carbocycles. The second-order valence-corrected chi connectivity index (χ2v) is 0.537. The molecule has 0 spiro atoms. The molecule has 0 heterocycles. The second-order valence-electron chi connectivity index (χ2n) is 0.537. The van der Waals surface area contributed by atoms with E-state index in [1.165, 1.54) is 13.1 Å². The molecular formula is C2H4B2N. The Labute approximate surface area is 33.4 Å². The Morgan fingerprint density at radius 2 is 2.60 bits per heavy atom. The normalized spacial score (nSPS) is 4.60. The molecule has 1 radical (unpaired) electrons. The van der Waals surface area contributed by atoms with Crippen LogP contribution in [0.2, 0.25) is 0 Å². The van der Waals surface area contributed by atoms with Crippen molar-refractivity contribution in [1.82, 2.24) is 5.23 Å². The Balaban J connectivity index is 2.65. The molecule has 0 fully saturated rings. The van der Waals surface area contributed by atoms with Gasteiger partial charge < -0.3 is 0 Å². The first-order valence-corrected chi connectivity index (χ1v) is 1.32. The van der Waals surface area contributed by atoms with Crippen molar-refractivity contribution in [2.75, 3.05) is 0 Å². The van der Waals surface area contributed by atoms with E-state index >= 15 is 0 Å². The quantitative estimate of drug-likeness (QED) is 0.387. The fourth-order valence-electron chi connectivity index (χ4n) is 0.0680. The number of hydrogen-bond donors (Lipinski definition) is 1. The zero-order chi connectivity index (χ0) is 4.12. The first kappa shape index (κ1) is 4.67. The van der Waals surface area contributed by atoms with Gasteiger partial charge in [0.2, 0.25) is 0 Å². The van der Waals surface area contributed by atoms with Crippen molar-refractivity contribution in [2.45, 2.75) is 0 Å². The van der Waals surface area contributed by atoms with Crippen LogP contribution in [0.4, 0.5) is 0 Å². The molecule has 0 atom stereocenters. The summed E-state index contributed by atoms with van der Waals surface area (Å²) in [7, 11) is 6.33. The summed E-state index contributed by atoms with van der Waals surface area (Å²) in [4.78, 5) is 0. The number of nitrogens with one attached hydrogen (secondary N) is 1. The van der Waals surface area contributed by atoms with Crippen LogP contribution in [0.3, 0.4) is 0 Å². The summed E-state index contributed by atoms with van der Waals surface area (Å²) in [6.45, 7) is 3.33. The molecule has 5 heavy (non-hydrogen) atoms. The molecule has 0 amide bonds. The predicted octanol–water partition coefficient (Wildman–Crippen LogP) is -1.44. The van der Waals surface area contributed by atoms with Crippen LogP contribution >= 0.6 is 0 Å². The van der Waals surface area contributed by atoms with Gasteiger partial charge in [-0.1, -0.05) is 0 Å². The summed E-state index contributed by atoms with van der Waals surface area (Å²) >= 11 is 0. The van der Waals surface area contributed by atoms with Crippen molar-refractivity contribution in [2.24, 2.45) is 0 Å². The molecule has 0 aliphatic rings. The van der Waals surface area contributed by atoms with Gasteiger partial charge in [-0.05, 0) is 0 Å². The van der Waals surface area contributed by atoms with Crippen LogP contribution in [-0.2, 0) is 0 Å². The maximum absolute atomic E-state index is 4.83. The van der Waals surface area contributed by atoms with E-state index in [9.17, 15) is 0 Å². The molecule has 0 rings (SSSR count). The summed E-state index contributed by atoms with van der Waals surface area (Å²) in [5.74, 6) is 0. The third kappa shape index (κ3) is 3.67. The Morgan fingerprint density at radius 3 is 2.60 bits per heavy atom. The SMILES string of the molecule is [B]=CNB=C. The van der Waals surface area contributed by atoms with Crippen molar-refractivity contribution in [3.05, 3.63) is 0 Å². The minimum atomic E-state index is 1.31. The van der Waals surface area contributed by atoms with Crippen LogP contribution in [0.1, 0.15) is 0 Å². The van der Waals surface area contributed by atoms with Crippen LogP contribution in [0, 0.1) is 0 Å². The summed E-state index contributed by atoms with van der Waals surface area (Å²) in [6.07, 6.45) is 1.31. The molecular weight excluding hydrogens is 59.7 g/mol. The molecule has 0 aromatic carbocycles. The van der Waals surface area contributed by atoms with Gasteiger partial charge in [0.1, 0.15) is 0 Å². The standard InChI is InChI=1S/C2H4B2N/c1-4-5-2-3/h2,5H,1H2. The topological polar surface area (TPSA) is 12.0 Å². The average molecular weight is 63.7 g/mol. The zero-order valence-electron chi connectivity index (χ0n) is 2.94. The summed E-state index contributed by atoms with van der Waals surface area (Å²) in [6, 6.07) is 0. The van der Waals surface area contributed by atoms with Gasteiger partial charge in [0.05, 0.1) is 0 Å². The molecule has 0 aliphatic heterocycles. The molecule has 3 heteroatoms. The van der Waals surface area contributed by atoms with Crippen molar-refractivity contribution in [3.8, 4) is 0 Å². The van der Waals surface area contributed by atoms with Crippen LogP contribution in [0.15, 0.2) is 0 Å². The van der Waals surface area contributed by atoms with Crippen LogP contribution in [0.25, 0.3) is 0 Å². The Hall–Kier alpha value is -0.330. The van der Waals surface area contributed by atoms with Gasteiger partial charge >= 0.3 is 32.3 Å². The van der Waals surface area contributed by atoms with Gasteiger partial charge in [-0.25, -0.2) is 0 Å². The van der Waals surface area contributed by atoms with Crippen molar-refractivity contribution < 1.29 is 0 Å². The van der Waals surface area contributed by atoms with Gasteiger partial charge in [-0.3, -0.25) is 0 Å². The second kappa shape index (κ2) is 3.67. The first-order chi connectivity index (χ1) is 2.41. The van der Waals surface area contributed by atoms with E-state index < -0.39 is 0 Å². The van der Waals surface area contributed by atoms with Gasteiger partial charge in [0, 0.05) is 0 Å². The molecule has 0 bridgehead atoms. The van der Waals surface area contributed by atoms with E-state index in [4.69, 9.17) is 7.49 Å². The monoisotopic (exact) mass is 64.1 g/mol. The molecule has 0 aliphatic carbocycles. The van der Waals surface area contributed by atoms with Gasteiger partial charge in [-0.15, -0.1) is 0 Å². The van der Waals surface area contributed by atoms with Crippen LogP contribution < -0.4 is 5.23 Å². The fraction of sp³-hybridized carbons (Fsp3) is 0. The van der Waals surface area contributed by atoms with E-state index in [0.717, 1.165) is 0 Å². The van der Waals surface area contributed by atoms with Crippen molar-refractivity contribution in [3.63, 3.8) is 0 Å². The minimum absolute atomic E-state index is 1.31. The summed E-state index contributed by atoms with van der Waals surface area (Å²) in [5.41, 5.74) is 0. The van der Waals surface area contributed by atoms with E-state index in [0.29, 0.717) is 0 Å². The maximum atomic E-state index is 4.83. The molecule has 0 aromatic heterocycles. The molecule has 0 aromatic rings. The predicted molar refractivity (Wildman–Crippen MR) is 27.8 cm³/mol. The Kier molecular flexibility index (Phi) is 3.43. The first-order valence-electron chi connectivity index (χ1n) is 1.32. The fourth-order valence-corrected chi connectivity index (χ4v) is 0.0680. The van der Waals surface area contributed by atoms with E-state index in [-0.39, 0.29) is 0 Å². The third-order valence-corrected chi connectivity index (χ3v) is 0.214. The average Bonchev–Trinajstić information content (AvgIpc) is 1.41. The summed E-state index contributed by atoms with van der Waals surface area (Å²) in [5, 5.41) is 2.53. The van der Waals surface area contributed by atoms with E-state index in [1.807, 2.05) is 0 Å². The summed E-state index contributed by atoms with van der Waals surface area (Å²) < 4.78 is 0. The van der Waals surface area contributed by atoms with Crippen LogP contribution in [0.5, 0.6) is 0 Å². The number of rotatable bonds is 2. The third-order valence-electron chi connectivity index (χ3n) is 0.214. The van der Waals surface area contributed by atoms with E-state index in [2.05, 4.69) is 11.7 Å². The zero-order valence-corrected chi connectivity index (χ0v) is 2.94. The molecule has 0 unspecified atom stereocenters. The van der Waals surface area contributed by atoms with E-state index in [1.54, 1.807) is 0 Å². The Bertz CT molecular complexity index is 36.9. The molecule has 1 N–H and O–H groups in total. The molecule has 23 valence electrons. The van der Waals surface area contributed by atoms with Crippen molar-refractivity contribution >= 4 is 27.1 Å². The van der Waals surface area contributed by atoms with Gasteiger partial charge in [0.15, 0.2) is 0 Å². The van der Waals surface area contributed by atoms with Gasteiger partial charge in [0.25, 0.3) is 0 Å². The Morgan fingerprint density at radius 1 is 2.00 bits per heavy atom. The molecule has 1 nitrogen and oxygen atoms in total. The van der Waals surface area contributed by atoms with Crippen LogP contribution in [-0.4, -0.2) is 27.1 Å².